The molecule has 1 atom stereocenters. The van der Waals surface area contributed by atoms with Crippen LogP contribution in [0.3, 0.4) is 0 Å². The molecule has 0 spiro atoms. The first-order valence-electron chi connectivity index (χ1n) is 7.10. The SMILES string of the molecule is OC1(OCc2ccccc2)C=CC(c2ccccc2)=CC1. The minimum atomic E-state index is -1.21. The Morgan fingerprint density at radius 2 is 1.62 bits per heavy atom. The summed E-state index contributed by atoms with van der Waals surface area (Å²) in [7, 11) is 0. The summed E-state index contributed by atoms with van der Waals surface area (Å²) in [5.74, 6) is -1.21. The zero-order chi connectivity index (χ0) is 14.5. The Morgan fingerprint density at radius 3 is 2.24 bits per heavy atom. The maximum absolute atomic E-state index is 10.4. The summed E-state index contributed by atoms with van der Waals surface area (Å²) >= 11 is 0. The van der Waals surface area contributed by atoms with Gasteiger partial charge >= 0.3 is 0 Å². The Labute approximate surface area is 125 Å². The molecule has 2 nitrogen and oxygen atoms in total. The van der Waals surface area contributed by atoms with Gasteiger partial charge in [-0.2, -0.15) is 0 Å². The highest BCUT2D eigenvalue weighted by Gasteiger charge is 2.26. The normalized spacial score (nSPS) is 21.1. The van der Waals surface area contributed by atoms with Gasteiger partial charge in [-0.25, -0.2) is 0 Å². The van der Waals surface area contributed by atoms with Crippen LogP contribution in [0.4, 0.5) is 0 Å². The van der Waals surface area contributed by atoms with Gasteiger partial charge < -0.3 is 9.84 Å². The van der Waals surface area contributed by atoms with E-state index in [1.54, 1.807) is 6.08 Å². The van der Waals surface area contributed by atoms with Crippen molar-refractivity contribution < 1.29 is 9.84 Å². The van der Waals surface area contributed by atoms with Crippen molar-refractivity contribution in [2.75, 3.05) is 0 Å². The monoisotopic (exact) mass is 278 g/mol. The van der Waals surface area contributed by atoms with Crippen LogP contribution in [0, 0.1) is 0 Å². The molecular formula is C19H18O2. The molecule has 2 heteroatoms. The zero-order valence-corrected chi connectivity index (χ0v) is 11.8. The second kappa shape index (κ2) is 6.08. The van der Waals surface area contributed by atoms with Gasteiger partial charge in [0, 0.05) is 6.42 Å². The molecule has 0 fully saturated rings. The van der Waals surface area contributed by atoms with Crippen LogP contribution in [0.15, 0.2) is 78.9 Å². The Morgan fingerprint density at radius 1 is 0.952 bits per heavy atom. The van der Waals surface area contributed by atoms with Gasteiger partial charge in [-0.15, -0.1) is 0 Å². The summed E-state index contributed by atoms with van der Waals surface area (Å²) in [6.07, 6.45) is 6.13. The predicted octanol–water partition coefficient (Wildman–Crippen LogP) is 3.94. The van der Waals surface area contributed by atoms with Crippen molar-refractivity contribution >= 4 is 5.57 Å². The minimum Gasteiger partial charge on any atom is -0.362 e. The van der Waals surface area contributed by atoms with E-state index in [9.17, 15) is 5.11 Å². The number of benzene rings is 2. The van der Waals surface area contributed by atoms with Crippen LogP contribution >= 0.6 is 0 Å². The van der Waals surface area contributed by atoms with E-state index >= 15 is 0 Å². The van der Waals surface area contributed by atoms with Crippen molar-refractivity contribution in [1.29, 1.82) is 0 Å². The third-order valence-electron chi connectivity index (χ3n) is 3.58. The van der Waals surface area contributed by atoms with E-state index < -0.39 is 5.79 Å². The third-order valence-corrected chi connectivity index (χ3v) is 3.58. The molecule has 0 aliphatic heterocycles. The molecule has 2 aromatic carbocycles. The molecule has 1 N–H and O–H groups in total. The standard InChI is InChI=1S/C19H18O2/c20-19(21-15-16-7-3-1-4-8-16)13-11-18(12-14-19)17-9-5-2-6-10-17/h1-13,20H,14-15H2. The van der Waals surface area contributed by atoms with Gasteiger partial charge in [-0.1, -0.05) is 72.8 Å². The molecule has 106 valence electrons. The molecule has 3 rings (SSSR count). The fraction of sp³-hybridized carbons (Fsp3) is 0.158. The number of aliphatic hydroxyl groups is 1. The van der Waals surface area contributed by atoms with Crippen molar-refractivity contribution in [2.24, 2.45) is 0 Å². The molecule has 0 saturated carbocycles. The molecule has 0 heterocycles. The largest absolute Gasteiger partial charge is 0.362 e. The second-order valence-corrected chi connectivity index (χ2v) is 5.18. The second-order valence-electron chi connectivity index (χ2n) is 5.18. The number of allylic oxidation sites excluding steroid dienone is 2. The molecule has 2 aromatic rings. The Bertz CT molecular complexity index is 644. The molecule has 0 bridgehead atoms. The smallest absolute Gasteiger partial charge is 0.189 e. The first-order valence-corrected chi connectivity index (χ1v) is 7.10. The molecule has 21 heavy (non-hydrogen) atoms. The van der Waals surface area contributed by atoms with Gasteiger partial charge in [0.2, 0.25) is 0 Å². The van der Waals surface area contributed by atoms with Gasteiger partial charge in [0.15, 0.2) is 5.79 Å². The van der Waals surface area contributed by atoms with Crippen molar-refractivity contribution in [3.63, 3.8) is 0 Å². The van der Waals surface area contributed by atoms with Crippen molar-refractivity contribution in [1.82, 2.24) is 0 Å². The van der Waals surface area contributed by atoms with Crippen LogP contribution < -0.4 is 0 Å². The lowest BCUT2D eigenvalue weighted by Gasteiger charge is -2.27. The lowest BCUT2D eigenvalue weighted by atomic mass is 9.96. The van der Waals surface area contributed by atoms with Crippen molar-refractivity contribution in [3.05, 3.63) is 90.0 Å². The van der Waals surface area contributed by atoms with E-state index in [-0.39, 0.29) is 0 Å². The van der Waals surface area contributed by atoms with Crippen LogP contribution in [0.5, 0.6) is 0 Å². The highest BCUT2D eigenvalue weighted by atomic mass is 16.6. The highest BCUT2D eigenvalue weighted by Crippen LogP contribution is 2.28. The summed E-state index contributed by atoms with van der Waals surface area (Å²) in [4.78, 5) is 0. The van der Waals surface area contributed by atoms with Gasteiger partial charge in [0.05, 0.1) is 6.61 Å². The molecule has 1 aliphatic rings. The molecule has 0 saturated heterocycles. The van der Waals surface area contributed by atoms with Crippen LogP contribution in [0.1, 0.15) is 17.5 Å². The first-order chi connectivity index (χ1) is 10.3. The van der Waals surface area contributed by atoms with E-state index in [0.717, 1.165) is 16.7 Å². The Balaban J connectivity index is 1.64. The fourth-order valence-electron chi connectivity index (χ4n) is 2.35. The van der Waals surface area contributed by atoms with Crippen LogP contribution in [0.25, 0.3) is 5.57 Å². The first kappa shape index (κ1) is 13.8. The zero-order valence-electron chi connectivity index (χ0n) is 11.8. The topological polar surface area (TPSA) is 29.5 Å². The molecule has 1 aliphatic carbocycles. The third kappa shape index (κ3) is 3.48. The average molecular weight is 278 g/mol. The maximum atomic E-state index is 10.4. The van der Waals surface area contributed by atoms with E-state index in [0.29, 0.717) is 13.0 Å². The van der Waals surface area contributed by atoms with Crippen LogP contribution in [0.2, 0.25) is 0 Å². The van der Waals surface area contributed by atoms with Crippen molar-refractivity contribution in [2.45, 2.75) is 18.8 Å². The average Bonchev–Trinajstić information content (AvgIpc) is 2.56. The van der Waals surface area contributed by atoms with E-state index in [1.807, 2.05) is 60.7 Å². The van der Waals surface area contributed by atoms with Crippen LogP contribution in [-0.4, -0.2) is 10.9 Å². The number of rotatable bonds is 4. The number of hydrogen-bond acceptors (Lipinski definition) is 2. The number of ether oxygens (including phenoxy) is 1. The van der Waals surface area contributed by atoms with E-state index in [1.165, 1.54) is 0 Å². The lowest BCUT2D eigenvalue weighted by molar-refractivity contribution is -0.172. The molecule has 0 amide bonds. The van der Waals surface area contributed by atoms with Gasteiger partial charge in [0.1, 0.15) is 0 Å². The maximum Gasteiger partial charge on any atom is 0.189 e. The lowest BCUT2D eigenvalue weighted by Crippen LogP contribution is -2.30. The molecule has 1 unspecified atom stereocenters. The predicted molar refractivity (Wildman–Crippen MR) is 84.4 cm³/mol. The molecular weight excluding hydrogens is 260 g/mol. The summed E-state index contributed by atoms with van der Waals surface area (Å²) in [5, 5.41) is 10.4. The quantitative estimate of drug-likeness (QED) is 0.858. The van der Waals surface area contributed by atoms with Crippen molar-refractivity contribution in [3.8, 4) is 0 Å². The summed E-state index contributed by atoms with van der Waals surface area (Å²) in [6.45, 7) is 0.399. The van der Waals surface area contributed by atoms with E-state index in [4.69, 9.17) is 4.74 Å². The molecule has 0 aromatic heterocycles. The van der Waals surface area contributed by atoms with E-state index in [2.05, 4.69) is 12.1 Å². The Hall–Kier alpha value is -2.16. The van der Waals surface area contributed by atoms with Gasteiger partial charge in [-0.05, 0) is 22.8 Å². The molecule has 0 radical (unpaired) electrons. The van der Waals surface area contributed by atoms with Crippen LogP contribution in [-0.2, 0) is 11.3 Å². The van der Waals surface area contributed by atoms with Gasteiger partial charge in [-0.3, -0.25) is 0 Å². The highest BCUT2D eigenvalue weighted by molar-refractivity contribution is 5.75. The summed E-state index contributed by atoms with van der Waals surface area (Å²) in [6, 6.07) is 20.0. The fourth-order valence-corrected chi connectivity index (χ4v) is 2.35. The van der Waals surface area contributed by atoms with Gasteiger partial charge in [0.25, 0.3) is 0 Å². The summed E-state index contributed by atoms with van der Waals surface area (Å²) < 4.78 is 5.66. The number of hydrogen-bond donors (Lipinski definition) is 1. The Kier molecular flexibility index (Phi) is 4.00. The summed E-state index contributed by atoms with van der Waals surface area (Å²) in [5.41, 5.74) is 3.32. The minimum absolute atomic E-state index is 0.399.